The Morgan fingerprint density at radius 3 is 2.22 bits per heavy atom. The molecule has 13 nitrogen and oxygen atoms in total. The number of hydrogen-bond donors (Lipinski definition) is 1. The fourth-order valence-electron chi connectivity index (χ4n) is 4.80. The first-order valence-corrected chi connectivity index (χ1v) is 13.5. The van der Waals surface area contributed by atoms with Crippen molar-refractivity contribution in [1.82, 2.24) is 34.7 Å². The average Bonchev–Trinajstić information content (AvgIpc) is 3.59. The number of hydrogen-bond acceptors (Lipinski definition) is 11. The fourth-order valence-corrected chi connectivity index (χ4v) is 6.03. The second-order valence-corrected chi connectivity index (χ2v) is 11.8. The number of sulfonamides is 1. The molecule has 2 fully saturated rings. The highest BCUT2D eigenvalue weighted by Crippen LogP contribution is 2.66. The van der Waals surface area contributed by atoms with E-state index in [1.807, 2.05) is 0 Å². The Hall–Kier alpha value is -3.10. The summed E-state index contributed by atoms with van der Waals surface area (Å²) >= 11 is 5.88. The van der Waals surface area contributed by atoms with Crippen molar-refractivity contribution in [3.05, 3.63) is 35.4 Å². The van der Waals surface area contributed by atoms with Crippen molar-refractivity contribution in [2.24, 2.45) is 5.41 Å². The average molecular weight is 551 g/mol. The third kappa shape index (κ3) is 4.68. The highest BCUT2D eigenvalue weighted by molar-refractivity contribution is 7.93. The van der Waals surface area contributed by atoms with E-state index < -0.39 is 21.4 Å². The SMILES string of the molecule is COc1ncnc(OC)c1-n1c(NS(=O)(=O)[C@@H](C)[C@H](OC)c2ncc(Cl)cn2)nnc1C1CC2(CC2)C1. The van der Waals surface area contributed by atoms with Gasteiger partial charge in [0, 0.05) is 25.4 Å². The Bertz CT molecular complexity index is 1370. The first-order valence-electron chi connectivity index (χ1n) is 11.6. The molecule has 0 radical (unpaired) electrons. The lowest BCUT2D eigenvalue weighted by Gasteiger charge is -2.35. The molecule has 0 unspecified atom stereocenters. The van der Waals surface area contributed by atoms with Gasteiger partial charge in [0.05, 0.1) is 19.2 Å². The zero-order chi connectivity index (χ0) is 26.4. The molecule has 3 heterocycles. The summed E-state index contributed by atoms with van der Waals surface area (Å²) in [6, 6.07) is 0. The quantitative estimate of drug-likeness (QED) is 0.395. The lowest BCUT2D eigenvalue weighted by Crippen LogP contribution is -2.33. The van der Waals surface area contributed by atoms with Crippen LogP contribution in [0.25, 0.3) is 5.69 Å². The normalized spacial score (nSPS) is 18.2. The minimum Gasteiger partial charge on any atom is -0.479 e. The Balaban J connectivity index is 1.54. The molecule has 15 heteroatoms. The van der Waals surface area contributed by atoms with Gasteiger partial charge in [-0.25, -0.2) is 18.4 Å². The van der Waals surface area contributed by atoms with Gasteiger partial charge in [0.2, 0.25) is 27.7 Å². The number of ether oxygens (including phenoxy) is 3. The molecule has 5 rings (SSSR count). The zero-order valence-corrected chi connectivity index (χ0v) is 22.3. The van der Waals surface area contributed by atoms with Crippen molar-refractivity contribution in [3.63, 3.8) is 0 Å². The third-order valence-corrected chi connectivity index (χ3v) is 8.92. The predicted octanol–water partition coefficient (Wildman–Crippen LogP) is 2.69. The zero-order valence-electron chi connectivity index (χ0n) is 20.8. The summed E-state index contributed by atoms with van der Waals surface area (Å²) in [6.45, 7) is 1.49. The number of halogens is 1. The monoisotopic (exact) mass is 550 g/mol. The standard InChI is InChI=1S/C22H27ClN8O5S/c1-12(16(34-2)17-24-9-14(23)10-25-17)37(32,33)30-21-29-28-18(13-7-22(8-13)5-6-22)31(21)15-19(35-3)26-11-27-20(15)36-4/h9-13,16H,5-8H2,1-4H3,(H,29,30)/t12-,16-/m0/s1. The van der Waals surface area contributed by atoms with Gasteiger partial charge < -0.3 is 14.2 Å². The van der Waals surface area contributed by atoms with E-state index in [0.29, 0.717) is 21.9 Å². The summed E-state index contributed by atoms with van der Waals surface area (Å²) in [7, 11) is 0.202. The molecule has 0 aromatic carbocycles. The molecule has 3 aromatic rings. The van der Waals surface area contributed by atoms with Gasteiger partial charge in [0.1, 0.15) is 23.5 Å². The number of methoxy groups -OCH3 is 3. The van der Waals surface area contributed by atoms with E-state index in [4.69, 9.17) is 25.8 Å². The number of aromatic nitrogens is 7. The summed E-state index contributed by atoms with van der Waals surface area (Å²) < 4.78 is 47.7. The number of rotatable bonds is 10. The number of nitrogens with one attached hydrogen (secondary N) is 1. The number of anilines is 1. The summed E-state index contributed by atoms with van der Waals surface area (Å²) in [5.41, 5.74) is 0.681. The Morgan fingerprint density at radius 2 is 1.68 bits per heavy atom. The van der Waals surface area contributed by atoms with Gasteiger partial charge in [0.15, 0.2) is 11.5 Å². The minimum atomic E-state index is -4.10. The van der Waals surface area contributed by atoms with Crippen molar-refractivity contribution >= 4 is 27.6 Å². The molecule has 3 aromatic heterocycles. The van der Waals surface area contributed by atoms with Crippen LogP contribution in [0.4, 0.5) is 5.95 Å². The molecule has 2 atom stereocenters. The topological polar surface area (TPSA) is 156 Å². The summed E-state index contributed by atoms with van der Waals surface area (Å²) in [6.07, 6.45) is 7.38. The van der Waals surface area contributed by atoms with Crippen LogP contribution >= 0.6 is 11.6 Å². The maximum absolute atomic E-state index is 13.6. The highest BCUT2D eigenvalue weighted by Gasteiger charge is 2.55. The largest absolute Gasteiger partial charge is 0.479 e. The fraction of sp³-hybridized carbons (Fsp3) is 0.545. The summed E-state index contributed by atoms with van der Waals surface area (Å²) in [5, 5.41) is 7.82. The van der Waals surface area contributed by atoms with Gasteiger partial charge in [-0.1, -0.05) is 11.6 Å². The molecule has 0 bridgehead atoms. The molecular formula is C22H27ClN8O5S. The van der Waals surface area contributed by atoms with Crippen LogP contribution in [0, 0.1) is 5.41 Å². The molecule has 2 aliphatic rings. The van der Waals surface area contributed by atoms with E-state index in [2.05, 4.69) is 34.9 Å². The lowest BCUT2D eigenvalue weighted by atomic mass is 9.71. The van der Waals surface area contributed by atoms with Crippen molar-refractivity contribution < 1.29 is 22.6 Å². The van der Waals surface area contributed by atoms with Crippen molar-refractivity contribution in [1.29, 1.82) is 0 Å². The molecule has 37 heavy (non-hydrogen) atoms. The second-order valence-electron chi connectivity index (χ2n) is 9.33. The molecule has 0 aliphatic heterocycles. The van der Waals surface area contributed by atoms with Crippen molar-refractivity contribution in [2.45, 2.75) is 49.9 Å². The van der Waals surface area contributed by atoms with Crippen LogP contribution in [0.3, 0.4) is 0 Å². The van der Waals surface area contributed by atoms with Crippen LogP contribution in [-0.4, -0.2) is 69.7 Å². The lowest BCUT2D eigenvalue weighted by molar-refractivity contribution is 0.0950. The highest BCUT2D eigenvalue weighted by atomic mass is 35.5. The van der Waals surface area contributed by atoms with Crippen LogP contribution < -0.4 is 14.2 Å². The smallest absolute Gasteiger partial charge is 0.245 e. The van der Waals surface area contributed by atoms with Gasteiger partial charge in [0.25, 0.3) is 0 Å². The van der Waals surface area contributed by atoms with E-state index in [-0.39, 0.29) is 29.5 Å². The summed E-state index contributed by atoms with van der Waals surface area (Å²) in [5.74, 6) is 1.18. The Labute approximate surface area is 219 Å². The van der Waals surface area contributed by atoms with E-state index in [0.717, 1.165) is 12.8 Å². The van der Waals surface area contributed by atoms with Crippen LogP contribution in [0.15, 0.2) is 18.7 Å². The Morgan fingerprint density at radius 1 is 1.05 bits per heavy atom. The molecule has 1 spiro atoms. The first-order chi connectivity index (χ1) is 17.7. The van der Waals surface area contributed by atoms with Crippen LogP contribution in [0.1, 0.15) is 56.3 Å². The van der Waals surface area contributed by atoms with Gasteiger partial charge in [-0.3, -0.25) is 9.29 Å². The third-order valence-electron chi connectivity index (χ3n) is 7.03. The summed E-state index contributed by atoms with van der Waals surface area (Å²) in [4.78, 5) is 16.6. The molecule has 2 aliphatic carbocycles. The van der Waals surface area contributed by atoms with Crippen molar-refractivity contribution in [3.8, 4) is 17.4 Å². The van der Waals surface area contributed by atoms with Gasteiger partial charge in [-0.15, -0.1) is 10.2 Å². The van der Waals surface area contributed by atoms with E-state index in [1.54, 1.807) is 4.57 Å². The molecule has 1 N–H and O–H groups in total. The van der Waals surface area contributed by atoms with Crippen LogP contribution in [-0.2, 0) is 14.8 Å². The van der Waals surface area contributed by atoms with Crippen LogP contribution in [0.2, 0.25) is 5.02 Å². The van der Waals surface area contributed by atoms with E-state index >= 15 is 0 Å². The maximum atomic E-state index is 13.6. The van der Waals surface area contributed by atoms with Gasteiger partial charge >= 0.3 is 0 Å². The van der Waals surface area contributed by atoms with Gasteiger partial charge in [-0.2, -0.15) is 9.97 Å². The second kappa shape index (κ2) is 9.65. The number of nitrogens with zero attached hydrogens (tertiary/aromatic N) is 7. The van der Waals surface area contributed by atoms with Crippen LogP contribution in [0.5, 0.6) is 11.8 Å². The molecule has 2 saturated carbocycles. The van der Waals surface area contributed by atoms with E-state index in [9.17, 15) is 8.42 Å². The van der Waals surface area contributed by atoms with E-state index in [1.165, 1.54) is 59.8 Å². The van der Waals surface area contributed by atoms with Gasteiger partial charge in [-0.05, 0) is 38.0 Å². The maximum Gasteiger partial charge on any atom is 0.245 e. The molecule has 198 valence electrons. The Kier molecular flexibility index (Phi) is 6.66. The minimum absolute atomic E-state index is 0.0446. The molecular weight excluding hydrogens is 524 g/mol. The predicted molar refractivity (Wildman–Crippen MR) is 132 cm³/mol. The molecule has 0 amide bonds. The first kappa shape index (κ1) is 25.5. The molecule has 0 saturated heterocycles. The van der Waals surface area contributed by atoms with Crippen molar-refractivity contribution in [2.75, 3.05) is 26.1 Å².